The predicted molar refractivity (Wildman–Crippen MR) is 76.9 cm³/mol. The van der Waals surface area contributed by atoms with E-state index in [9.17, 15) is 4.79 Å². The van der Waals surface area contributed by atoms with Crippen LogP contribution in [0.1, 0.15) is 58.3 Å². The number of carbonyl (C=O) groups excluding carboxylic acids is 1. The van der Waals surface area contributed by atoms with E-state index in [1.54, 1.807) is 0 Å². The maximum Gasteiger partial charge on any atom is 0.230 e. The molecule has 19 heavy (non-hydrogen) atoms. The Morgan fingerprint density at radius 3 is 2.63 bits per heavy atom. The van der Waals surface area contributed by atoms with Crippen molar-refractivity contribution in [1.82, 2.24) is 10.2 Å². The summed E-state index contributed by atoms with van der Waals surface area (Å²) in [6.45, 7) is 5.26. The van der Waals surface area contributed by atoms with Crippen LogP contribution in [-0.4, -0.2) is 36.5 Å². The van der Waals surface area contributed by atoms with Crippen LogP contribution in [-0.2, 0) is 4.79 Å². The second-order valence-corrected chi connectivity index (χ2v) is 6.94. The highest BCUT2D eigenvalue weighted by molar-refractivity contribution is 5.83. The van der Waals surface area contributed by atoms with Crippen LogP contribution in [0.25, 0.3) is 0 Å². The number of hydrogen-bond donors (Lipinski definition) is 1. The molecule has 1 N–H and O–H groups in total. The van der Waals surface area contributed by atoms with Gasteiger partial charge in [-0.15, -0.1) is 0 Å². The van der Waals surface area contributed by atoms with Crippen LogP contribution in [0.5, 0.6) is 0 Å². The molecule has 3 aliphatic rings. The summed E-state index contributed by atoms with van der Waals surface area (Å²) >= 11 is 0. The molecular weight excluding hydrogens is 236 g/mol. The van der Waals surface area contributed by atoms with E-state index < -0.39 is 0 Å². The Bertz CT molecular complexity index is 322. The number of nitrogens with zero attached hydrogens (tertiary/aromatic N) is 1. The highest BCUT2D eigenvalue weighted by Crippen LogP contribution is 2.40. The summed E-state index contributed by atoms with van der Waals surface area (Å²) in [6, 6.07) is 0.587. The molecular formula is C16H28N2O. The van der Waals surface area contributed by atoms with Gasteiger partial charge < -0.3 is 10.2 Å². The molecule has 0 radical (unpaired) electrons. The van der Waals surface area contributed by atoms with E-state index in [1.165, 1.54) is 25.7 Å². The Balaban J connectivity index is 1.72. The van der Waals surface area contributed by atoms with Gasteiger partial charge in [-0.3, -0.25) is 4.79 Å². The Morgan fingerprint density at radius 1 is 1.32 bits per heavy atom. The quantitative estimate of drug-likeness (QED) is 0.799. The molecule has 3 fully saturated rings. The Kier molecular flexibility index (Phi) is 3.84. The second-order valence-electron chi connectivity index (χ2n) is 6.94. The number of carbonyl (C=O) groups is 1. The monoisotopic (exact) mass is 264 g/mol. The third-order valence-electron chi connectivity index (χ3n) is 5.05. The summed E-state index contributed by atoms with van der Waals surface area (Å²) in [4.78, 5) is 15.4. The summed E-state index contributed by atoms with van der Waals surface area (Å²) in [6.07, 6.45) is 9.61. The van der Waals surface area contributed by atoms with Gasteiger partial charge in [-0.05, 0) is 57.4 Å². The van der Waals surface area contributed by atoms with Crippen molar-refractivity contribution in [3.8, 4) is 0 Å². The van der Waals surface area contributed by atoms with Gasteiger partial charge in [0.15, 0.2) is 0 Å². The lowest BCUT2D eigenvalue weighted by atomic mass is 9.75. The molecule has 0 bridgehead atoms. The van der Waals surface area contributed by atoms with E-state index in [1.807, 2.05) is 0 Å². The summed E-state index contributed by atoms with van der Waals surface area (Å²) in [7, 11) is 0. The predicted octanol–water partition coefficient (Wildman–Crippen LogP) is 2.56. The molecule has 108 valence electrons. The van der Waals surface area contributed by atoms with E-state index in [0.29, 0.717) is 11.9 Å². The summed E-state index contributed by atoms with van der Waals surface area (Å²) in [5, 5.41) is 3.48. The van der Waals surface area contributed by atoms with Crippen LogP contribution in [0.2, 0.25) is 0 Å². The van der Waals surface area contributed by atoms with Crippen molar-refractivity contribution in [2.24, 2.45) is 11.3 Å². The number of rotatable bonds is 6. The van der Waals surface area contributed by atoms with E-state index in [4.69, 9.17) is 0 Å². The highest BCUT2D eigenvalue weighted by atomic mass is 16.2. The molecule has 2 saturated carbocycles. The molecule has 0 aromatic rings. The van der Waals surface area contributed by atoms with E-state index in [-0.39, 0.29) is 5.41 Å². The van der Waals surface area contributed by atoms with Gasteiger partial charge in [-0.1, -0.05) is 13.3 Å². The molecule has 1 heterocycles. The van der Waals surface area contributed by atoms with E-state index in [0.717, 1.165) is 51.2 Å². The molecule has 3 heteroatoms. The first-order valence-electron chi connectivity index (χ1n) is 8.27. The molecule has 3 nitrogen and oxygen atoms in total. The first-order valence-corrected chi connectivity index (χ1v) is 8.27. The molecule has 0 spiro atoms. The lowest BCUT2D eigenvalue weighted by molar-refractivity contribution is -0.144. The standard InChI is InChI=1S/C16H28N2O/c1-2-8-16(9-3-10-17-12-16)15(19)18(14-6-7-14)11-13-4-5-13/h13-14,17H,2-12H2,1H3. The normalized spacial score (nSPS) is 31.2. The average molecular weight is 264 g/mol. The zero-order valence-corrected chi connectivity index (χ0v) is 12.3. The van der Waals surface area contributed by atoms with Gasteiger partial charge in [-0.25, -0.2) is 0 Å². The van der Waals surface area contributed by atoms with Crippen molar-refractivity contribution in [2.45, 2.75) is 64.3 Å². The highest BCUT2D eigenvalue weighted by Gasteiger charge is 2.46. The summed E-state index contributed by atoms with van der Waals surface area (Å²) < 4.78 is 0. The Labute approximate surface area is 117 Å². The maximum absolute atomic E-state index is 13.1. The molecule has 0 aromatic carbocycles. The zero-order chi connectivity index (χ0) is 13.3. The Hall–Kier alpha value is -0.570. The van der Waals surface area contributed by atoms with Gasteiger partial charge in [0, 0.05) is 19.1 Å². The van der Waals surface area contributed by atoms with Gasteiger partial charge >= 0.3 is 0 Å². The minimum absolute atomic E-state index is 0.0789. The molecule has 3 rings (SSSR count). The first-order chi connectivity index (χ1) is 9.25. The van der Waals surface area contributed by atoms with Crippen LogP contribution in [0.3, 0.4) is 0 Å². The van der Waals surface area contributed by atoms with Gasteiger partial charge in [-0.2, -0.15) is 0 Å². The fourth-order valence-electron chi connectivity index (χ4n) is 3.62. The average Bonchev–Trinajstić information content (AvgIpc) is 3.28. The van der Waals surface area contributed by atoms with Crippen LogP contribution in [0, 0.1) is 11.3 Å². The fraction of sp³-hybridized carbons (Fsp3) is 0.938. The van der Waals surface area contributed by atoms with Crippen LogP contribution in [0.4, 0.5) is 0 Å². The smallest absolute Gasteiger partial charge is 0.230 e. The summed E-state index contributed by atoms with van der Waals surface area (Å²) in [5.41, 5.74) is -0.0789. The SMILES string of the molecule is CCCC1(C(=O)N(CC2CC2)C2CC2)CCCNC1. The molecule has 2 aliphatic carbocycles. The van der Waals surface area contributed by atoms with Gasteiger partial charge in [0.25, 0.3) is 0 Å². The topological polar surface area (TPSA) is 32.3 Å². The maximum atomic E-state index is 13.1. The largest absolute Gasteiger partial charge is 0.339 e. The molecule has 1 unspecified atom stereocenters. The number of amides is 1. The van der Waals surface area contributed by atoms with Gasteiger partial charge in [0.2, 0.25) is 5.91 Å². The molecule has 1 atom stereocenters. The van der Waals surface area contributed by atoms with Crippen LogP contribution in [0.15, 0.2) is 0 Å². The minimum Gasteiger partial charge on any atom is -0.339 e. The van der Waals surface area contributed by atoms with Crippen LogP contribution >= 0.6 is 0 Å². The zero-order valence-electron chi connectivity index (χ0n) is 12.3. The second kappa shape index (κ2) is 5.43. The minimum atomic E-state index is -0.0789. The van der Waals surface area contributed by atoms with Crippen LogP contribution < -0.4 is 5.32 Å². The first kappa shape index (κ1) is 13.4. The molecule has 0 aromatic heterocycles. The third-order valence-corrected chi connectivity index (χ3v) is 5.05. The van der Waals surface area contributed by atoms with Crippen molar-refractivity contribution < 1.29 is 4.79 Å². The molecule has 1 aliphatic heterocycles. The van der Waals surface area contributed by atoms with Crippen molar-refractivity contribution in [1.29, 1.82) is 0 Å². The lowest BCUT2D eigenvalue weighted by Crippen LogP contribution is -2.53. The third kappa shape index (κ3) is 2.96. The number of piperidine rings is 1. The van der Waals surface area contributed by atoms with E-state index in [2.05, 4.69) is 17.1 Å². The van der Waals surface area contributed by atoms with E-state index >= 15 is 0 Å². The van der Waals surface area contributed by atoms with Crippen molar-refractivity contribution in [2.75, 3.05) is 19.6 Å². The number of nitrogens with one attached hydrogen (secondary N) is 1. The van der Waals surface area contributed by atoms with Gasteiger partial charge in [0.1, 0.15) is 0 Å². The molecule has 1 saturated heterocycles. The Morgan fingerprint density at radius 2 is 2.11 bits per heavy atom. The fourth-order valence-corrected chi connectivity index (χ4v) is 3.62. The molecule has 1 amide bonds. The lowest BCUT2D eigenvalue weighted by Gasteiger charge is -2.40. The van der Waals surface area contributed by atoms with Crippen molar-refractivity contribution in [3.63, 3.8) is 0 Å². The van der Waals surface area contributed by atoms with Crippen molar-refractivity contribution >= 4 is 5.91 Å². The van der Waals surface area contributed by atoms with Gasteiger partial charge in [0.05, 0.1) is 5.41 Å². The summed E-state index contributed by atoms with van der Waals surface area (Å²) in [5.74, 6) is 1.30. The number of hydrogen-bond acceptors (Lipinski definition) is 2. The van der Waals surface area contributed by atoms with Crippen molar-refractivity contribution in [3.05, 3.63) is 0 Å².